The summed E-state index contributed by atoms with van der Waals surface area (Å²) in [6.07, 6.45) is 0. The van der Waals surface area contributed by atoms with Crippen LogP contribution in [0.1, 0.15) is 16.8 Å². The van der Waals surface area contributed by atoms with Gasteiger partial charge in [-0.05, 0) is 49.2 Å². The van der Waals surface area contributed by atoms with Gasteiger partial charge in [-0.15, -0.1) is 15.0 Å². The molecule has 0 bridgehead atoms. The number of para-hydroxylation sites is 1. The van der Waals surface area contributed by atoms with Crippen molar-refractivity contribution >= 4 is 11.5 Å². The van der Waals surface area contributed by atoms with Crippen molar-refractivity contribution in [1.82, 2.24) is 15.0 Å². The van der Waals surface area contributed by atoms with E-state index in [2.05, 4.69) is 70.2 Å². The van der Waals surface area contributed by atoms with Gasteiger partial charge in [-0.1, -0.05) is 24.3 Å². The average Bonchev–Trinajstić information content (AvgIpc) is 3.15. The Morgan fingerprint density at radius 1 is 0.815 bits per heavy atom. The monoisotopic (exact) mass is 358 g/mol. The molecule has 0 radical (unpaired) electrons. The Hall–Kier alpha value is -3.33. The highest BCUT2D eigenvalue weighted by Crippen LogP contribution is 2.22. The molecule has 0 atom stereocenters. The van der Waals surface area contributed by atoms with Crippen LogP contribution in [0.5, 0.6) is 0 Å². The molecular formula is C21H22N6. The highest BCUT2D eigenvalue weighted by atomic mass is 15.5. The lowest BCUT2D eigenvalue weighted by molar-refractivity contribution is 0.641. The molecule has 27 heavy (non-hydrogen) atoms. The van der Waals surface area contributed by atoms with Gasteiger partial charge in [-0.2, -0.15) is 5.26 Å². The third-order valence-electron chi connectivity index (χ3n) is 5.12. The van der Waals surface area contributed by atoms with Crippen LogP contribution in [0, 0.1) is 25.2 Å². The van der Waals surface area contributed by atoms with Crippen molar-refractivity contribution in [2.75, 3.05) is 36.0 Å². The van der Waals surface area contributed by atoms with E-state index < -0.39 is 0 Å². The van der Waals surface area contributed by atoms with E-state index in [-0.39, 0.29) is 0 Å². The molecule has 1 aromatic heterocycles. The topological polar surface area (TPSA) is 61.0 Å². The van der Waals surface area contributed by atoms with E-state index >= 15 is 0 Å². The maximum absolute atomic E-state index is 9.54. The summed E-state index contributed by atoms with van der Waals surface area (Å²) in [5.41, 5.74) is 4.90. The Labute approximate surface area is 159 Å². The van der Waals surface area contributed by atoms with Crippen molar-refractivity contribution in [3.63, 3.8) is 0 Å². The predicted molar refractivity (Wildman–Crippen MR) is 106 cm³/mol. The summed E-state index contributed by atoms with van der Waals surface area (Å²) in [5.74, 6) is 0.670. The molecule has 0 amide bonds. The quantitative estimate of drug-likeness (QED) is 0.720. The fourth-order valence-electron chi connectivity index (χ4n) is 3.36. The van der Waals surface area contributed by atoms with Crippen LogP contribution in [-0.4, -0.2) is 41.2 Å². The largest absolute Gasteiger partial charge is 0.368 e. The summed E-state index contributed by atoms with van der Waals surface area (Å²) in [7, 11) is 0. The van der Waals surface area contributed by atoms with Gasteiger partial charge in [0.2, 0.25) is 5.69 Å². The fraction of sp³-hybridized carbons (Fsp3) is 0.286. The zero-order valence-corrected chi connectivity index (χ0v) is 15.6. The van der Waals surface area contributed by atoms with Crippen LogP contribution < -0.4 is 9.80 Å². The van der Waals surface area contributed by atoms with Crippen molar-refractivity contribution in [3.05, 3.63) is 65.4 Å². The molecule has 0 N–H and O–H groups in total. The number of anilines is 2. The third-order valence-corrected chi connectivity index (χ3v) is 5.12. The van der Waals surface area contributed by atoms with Crippen LogP contribution in [-0.2, 0) is 0 Å². The molecule has 6 nitrogen and oxygen atoms in total. The van der Waals surface area contributed by atoms with E-state index in [4.69, 9.17) is 0 Å². The maximum atomic E-state index is 9.54. The van der Waals surface area contributed by atoms with Gasteiger partial charge < -0.3 is 9.80 Å². The predicted octanol–water partition coefficient (Wildman–Crippen LogP) is 3.08. The zero-order chi connectivity index (χ0) is 18.8. The first-order chi connectivity index (χ1) is 13.2. The molecule has 1 aliphatic heterocycles. The number of aryl methyl sites for hydroxylation is 2. The molecule has 4 rings (SSSR count). The maximum Gasteiger partial charge on any atom is 0.207 e. The number of rotatable bonds is 3. The Balaban J connectivity index is 1.55. The molecular weight excluding hydrogens is 336 g/mol. The minimum absolute atomic E-state index is 0.376. The van der Waals surface area contributed by atoms with Gasteiger partial charge in [0, 0.05) is 31.9 Å². The standard InChI is InChI=1S/C21H22N6/c1-16-8-9-19(14-17(16)2)27-23-20(15-22)21(24-27)26-12-10-25(11-13-26)18-6-4-3-5-7-18/h3-9,14H,10-13H2,1-2H3. The molecule has 0 saturated carbocycles. The lowest BCUT2D eigenvalue weighted by Gasteiger charge is -2.36. The van der Waals surface area contributed by atoms with Crippen molar-refractivity contribution in [3.8, 4) is 11.8 Å². The number of benzene rings is 2. The third kappa shape index (κ3) is 3.36. The Morgan fingerprint density at radius 2 is 1.52 bits per heavy atom. The zero-order valence-electron chi connectivity index (χ0n) is 15.6. The second kappa shape index (κ2) is 7.12. The SMILES string of the molecule is Cc1ccc(-n2nc(C#N)c(N3CCN(c4ccccc4)CC3)n2)cc1C. The van der Waals surface area contributed by atoms with E-state index in [1.807, 2.05) is 18.2 Å². The van der Waals surface area contributed by atoms with E-state index in [0.29, 0.717) is 11.5 Å². The molecule has 0 unspecified atom stereocenters. The summed E-state index contributed by atoms with van der Waals surface area (Å²) < 4.78 is 0. The van der Waals surface area contributed by atoms with Crippen LogP contribution in [0.2, 0.25) is 0 Å². The number of hydrogen-bond acceptors (Lipinski definition) is 5. The van der Waals surface area contributed by atoms with Gasteiger partial charge in [0.05, 0.1) is 5.69 Å². The summed E-state index contributed by atoms with van der Waals surface area (Å²) >= 11 is 0. The molecule has 0 spiro atoms. The van der Waals surface area contributed by atoms with E-state index in [1.165, 1.54) is 16.8 Å². The molecule has 2 aromatic carbocycles. The van der Waals surface area contributed by atoms with Gasteiger partial charge in [0.1, 0.15) is 6.07 Å². The Kier molecular flexibility index (Phi) is 4.51. The summed E-state index contributed by atoms with van der Waals surface area (Å²) in [4.78, 5) is 6.09. The van der Waals surface area contributed by atoms with Crippen LogP contribution in [0.4, 0.5) is 11.5 Å². The van der Waals surface area contributed by atoms with Crippen molar-refractivity contribution in [1.29, 1.82) is 5.26 Å². The van der Waals surface area contributed by atoms with Crippen molar-refractivity contribution < 1.29 is 0 Å². The first-order valence-corrected chi connectivity index (χ1v) is 9.16. The second-order valence-corrected chi connectivity index (χ2v) is 6.85. The normalized spacial score (nSPS) is 14.3. The molecule has 0 aliphatic carbocycles. The summed E-state index contributed by atoms with van der Waals surface area (Å²) in [6.45, 7) is 7.56. The van der Waals surface area contributed by atoms with Gasteiger partial charge >= 0.3 is 0 Å². The second-order valence-electron chi connectivity index (χ2n) is 6.85. The number of aromatic nitrogens is 3. The smallest absolute Gasteiger partial charge is 0.207 e. The minimum atomic E-state index is 0.376. The lowest BCUT2D eigenvalue weighted by atomic mass is 10.1. The molecule has 1 fully saturated rings. The highest BCUT2D eigenvalue weighted by Gasteiger charge is 2.23. The van der Waals surface area contributed by atoms with Crippen LogP contribution in [0.3, 0.4) is 0 Å². The minimum Gasteiger partial charge on any atom is -0.368 e. The molecule has 136 valence electrons. The number of nitriles is 1. The lowest BCUT2D eigenvalue weighted by Crippen LogP contribution is -2.47. The Morgan fingerprint density at radius 3 is 2.19 bits per heavy atom. The number of piperazine rings is 1. The molecule has 1 saturated heterocycles. The van der Waals surface area contributed by atoms with Gasteiger partial charge in [-0.25, -0.2) is 0 Å². The average molecular weight is 358 g/mol. The van der Waals surface area contributed by atoms with Gasteiger partial charge in [0.25, 0.3) is 0 Å². The van der Waals surface area contributed by atoms with E-state index in [9.17, 15) is 5.26 Å². The van der Waals surface area contributed by atoms with Crippen LogP contribution in [0.15, 0.2) is 48.5 Å². The van der Waals surface area contributed by atoms with Crippen molar-refractivity contribution in [2.45, 2.75) is 13.8 Å². The molecule has 2 heterocycles. The van der Waals surface area contributed by atoms with Crippen LogP contribution >= 0.6 is 0 Å². The first-order valence-electron chi connectivity index (χ1n) is 9.16. The van der Waals surface area contributed by atoms with Crippen LogP contribution in [0.25, 0.3) is 5.69 Å². The molecule has 6 heteroatoms. The number of hydrogen-bond donors (Lipinski definition) is 0. The van der Waals surface area contributed by atoms with Crippen molar-refractivity contribution in [2.24, 2.45) is 0 Å². The van der Waals surface area contributed by atoms with E-state index in [1.54, 1.807) is 4.80 Å². The Bertz CT molecular complexity index is 978. The summed E-state index contributed by atoms with van der Waals surface area (Å²) in [5, 5.41) is 18.6. The fourth-order valence-corrected chi connectivity index (χ4v) is 3.36. The van der Waals surface area contributed by atoms with Gasteiger partial charge in [0.15, 0.2) is 5.82 Å². The molecule has 1 aliphatic rings. The first kappa shape index (κ1) is 17.1. The number of nitrogens with zero attached hydrogens (tertiary/aromatic N) is 6. The van der Waals surface area contributed by atoms with Gasteiger partial charge in [-0.3, -0.25) is 0 Å². The molecule has 3 aromatic rings. The van der Waals surface area contributed by atoms with E-state index in [0.717, 1.165) is 31.9 Å². The highest BCUT2D eigenvalue weighted by molar-refractivity contribution is 5.53. The summed E-state index contributed by atoms with van der Waals surface area (Å²) in [6, 6.07) is 18.7.